The Labute approximate surface area is 154 Å². The third kappa shape index (κ3) is 7.79. The summed E-state index contributed by atoms with van der Waals surface area (Å²) in [4.78, 5) is 23.1. The van der Waals surface area contributed by atoms with Crippen molar-refractivity contribution in [2.45, 2.75) is 98.8 Å². The molecule has 0 amide bonds. The smallest absolute Gasteiger partial charge is 0.310 e. The first-order chi connectivity index (χ1) is 11.7. The summed E-state index contributed by atoms with van der Waals surface area (Å²) in [5.41, 5.74) is -0.705. The summed E-state index contributed by atoms with van der Waals surface area (Å²) in [7, 11) is 0. The SMILES string of the molecule is CCCCCCCC(C(=O)O)(C(C)C)C(CCCCC(=O)O)C(C)C. The van der Waals surface area contributed by atoms with Crippen molar-refractivity contribution >= 4 is 11.9 Å². The molecule has 0 aromatic carbocycles. The molecule has 0 aliphatic rings. The van der Waals surface area contributed by atoms with Crippen LogP contribution in [0.15, 0.2) is 0 Å². The van der Waals surface area contributed by atoms with Crippen LogP contribution in [0.1, 0.15) is 98.8 Å². The monoisotopic (exact) mass is 356 g/mol. The van der Waals surface area contributed by atoms with Crippen LogP contribution in [0.25, 0.3) is 0 Å². The van der Waals surface area contributed by atoms with Crippen LogP contribution in [-0.4, -0.2) is 22.2 Å². The fraction of sp³-hybridized carbons (Fsp3) is 0.905. The number of aliphatic carboxylic acids is 2. The molecule has 4 heteroatoms. The van der Waals surface area contributed by atoms with Gasteiger partial charge >= 0.3 is 11.9 Å². The predicted octanol–water partition coefficient (Wildman–Crippen LogP) is 5.99. The second-order valence-electron chi connectivity index (χ2n) is 8.15. The van der Waals surface area contributed by atoms with Gasteiger partial charge in [0.05, 0.1) is 5.41 Å². The first kappa shape index (κ1) is 23.9. The minimum Gasteiger partial charge on any atom is -0.481 e. The van der Waals surface area contributed by atoms with Gasteiger partial charge in [-0.05, 0) is 37.0 Å². The second-order valence-corrected chi connectivity index (χ2v) is 8.15. The molecule has 0 saturated heterocycles. The molecule has 25 heavy (non-hydrogen) atoms. The summed E-state index contributed by atoms with van der Waals surface area (Å²) >= 11 is 0. The number of rotatable bonds is 15. The summed E-state index contributed by atoms with van der Waals surface area (Å²) in [5, 5.41) is 19.0. The summed E-state index contributed by atoms with van der Waals surface area (Å²) in [6.45, 7) is 10.5. The highest BCUT2D eigenvalue weighted by Crippen LogP contribution is 2.47. The van der Waals surface area contributed by atoms with Gasteiger partial charge in [-0.15, -0.1) is 0 Å². The molecule has 0 aliphatic carbocycles. The summed E-state index contributed by atoms with van der Waals surface area (Å²) in [6.07, 6.45) is 8.74. The van der Waals surface area contributed by atoms with Gasteiger partial charge in [0.15, 0.2) is 0 Å². The number of hydrogen-bond donors (Lipinski definition) is 2. The minimum absolute atomic E-state index is 0.0723. The average Bonchev–Trinajstić information content (AvgIpc) is 2.50. The van der Waals surface area contributed by atoms with Crippen molar-refractivity contribution in [1.82, 2.24) is 0 Å². The highest BCUT2D eigenvalue weighted by atomic mass is 16.4. The third-order valence-electron chi connectivity index (χ3n) is 5.74. The lowest BCUT2D eigenvalue weighted by Crippen LogP contribution is -2.45. The van der Waals surface area contributed by atoms with E-state index >= 15 is 0 Å². The maximum Gasteiger partial charge on any atom is 0.310 e. The van der Waals surface area contributed by atoms with Crippen LogP contribution < -0.4 is 0 Å². The van der Waals surface area contributed by atoms with E-state index in [2.05, 4.69) is 20.8 Å². The van der Waals surface area contributed by atoms with Gasteiger partial charge in [-0.3, -0.25) is 9.59 Å². The number of carbonyl (C=O) groups is 2. The van der Waals surface area contributed by atoms with Gasteiger partial charge in [0.25, 0.3) is 0 Å². The topological polar surface area (TPSA) is 74.6 Å². The highest BCUT2D eigenvalue weighted by Gasteiger charge is 2.48. The Kier molecular flexibility index (Phi) is 11.8. The number of carboxylic acid groups (broad SMARTS) is 2. The Morgan fingerprint density at radius 2 is 1.48 bits per heavy atom. The van der Waals surface area contributed by atoms with Crippen molar-refractivity contribution in [3.8, 4) is 0 Å². The zero-order chi connectivity index (χ0) is 19.5. The van der Waals surface area contributed by atoms with Crippen LogP contribution in [0.4, 0.5) is 0 Å². The van der Waals surface area contributed by atoms with Gasteiger partial charge in [0.2, 0.25) is 0 Å². The van der Waals surface area contributed by atoms with E-state index in [0.29, 0.717) is 6.42 Å². The Hall–Kier alpha value is -1.06. The largest absolute Gasteiger partial charge is 0.481 e. The minimum atomic E-state index is -0.773. The molecule has 0 fully saturated rings. The first-order valence-corrected chi connectivity index (χ1v) is 10.1. The molecule has 2 atom stereocenters. The predicted molar refractivity (Wildman–Crippen MR) is 103 cm³/mol. The lowest BCUT2D eigenvalue weighted by Gasteiger charge is -2.43. The molecule has 0 aromatic heterocycles. The molecule has 0 aromatic rings. The van der Waals surface area contributed by atoms with E-state index in [-0.39, 0.29) is 24.2 Å². The highest BCUT2D eigenvalue weighted by molar-refractivity contribution is 5.75. The molecular weight excluding hydrogens is 316 g/mol. The maximum atomic E-state index is 12.4. The molecule has 0 heterocycles. The Bertz CT molecular complexity index is 389. The molecule has 0 radical (unpaired) electrons. The standard InChI is InChI=1S/C21H40O4/c1-6-7-8-9-12-15-21(17(4)5,20(24)25)18(16(2)3)13-10-11-14-19(22)23/h16-18H,6-15H2,1-5H3,(H,22,23)(H,24,25). The van der Waals surface area contributed by atoms with Crippen molar-refractivity contribution in [1.29, 1.82) is 0 Å². The lowest BCUT2D eigenvalue weighted by molar-refractivity contribution is -0.160. The van der Waals surface area contributed by atoms with Gasteiger partial charge in [-0.1, -0.05) is 73.1 Å². The fourth-order valence-corrected chi connectivity index (χ4v) is 4.26. The van der Waals surface area contributed by atoms with Crippen molar-refractivity contribution in [2.24, 2.45) is 23.2 Å². The maximum absolute atomic E-state index is 12.4. The molecule has 4 nitrogen and oxygen atoms in total. The molecule has 0 spiro atoms. The van der Waals surface area contributed by atoms with Crippen molar-refractivity contribution in [2.75, 3.05) is 0 Å². The first-order valence-electron chi connectivity index (χ1n) is 10.1. The van der Waals surface area contributed by atoms with Crippen molar-refractivity contribution < 1.29 is 19.8 Å². The summed E-state index contributed by atoms with van der Waals surface area (Å²) < 4.78 is 0. The van der Waals surface area contributed by atoms with E-state index in [1.165, 1.54) is 19.3 Å². The molecule has 0 rings (SSSR count). The zero-order valence-corrected chi connectivity index (χ0v) is 17.0. The van der Waals surface area contributed by atoms with E-state index in [1.807, 2.05) is 13.8 Å². The molecule has 0 aliphatic heterocycles. The molecule has 2 unspecified atom stereocenters. The molecule has 2 N–H and O–H groups in total. The Morgan fingerprint density at radius 1 is 0.880 bits per heavy atom. The summed E-state index contributed by atoms with van der Waals surface area (Å²) in [6, 6.07) is 0. The van der Waals surface area contributed by atoms with Crippen LogP contribution >= 0.6 is 0 Å². The molecule has 148 valence electrons. The van der Waals surface area contributed by atoms with Crippen LogP contribution in [0, 0.1) is 23.2 Å². The Balaban J connectivity index is 5.13. The van der Waals surface area contributed by atoms with E-state index in [4.69, 9.17) is 5.11 Å². The fourth-order valence-electron chi connectivity index (χ4n) is 4.26. The van der Waals surface area contributed by atoms with Crippen LogP contribution in [0.5, 0.6) is 0 Å². The van der Waals surface area contributed by atoms with Gasteiger partial charge < -0.3 is 10.2 Å². The average molecular weight is 357 g/mol. The number of unbranched alkanes of at least 4 members (excludes halogenated alkanes) is 5. The van der Waals surface area contributed by atoms with E-state index in [0.717, 1.165) is 32.1 Å². The molecule has 0 bridgehead atoms. The summed E-state index contributed by atoms with van der Waals surface area (Å²) in [5.74, 6) is -1.01. The molecular formula is C21H40O4. The molecule has 0 saturated carbocycles. The number of carboxylic acids is 2. The van der Waals surface area contributed by atoms with Crippen molar-refractivity contribution in [3.63, 3.8) is 0 Å². The van der Waals surface area contributed by atoms with Gasteiger partial charge in [0.1, 0.15) is 0 Å². The van der Waals surface area contributed by atoms with Gasteiger partial charge in [-0.25, -0.2) is 0 Å². The van der Waals surface area contributed by atoms with Crippen molar-refractivity contribution in [3.05, 3.63) is 0 Å². The quantitative estimate of drug-likeness (QED) is 0.353. The lowest BCUT2D eigenvalue weighted by atomic mass is 9.60. The zero-order valence-electron chi connectivity index (χ0n) is 17.0. The van der Waals surface area contributed by atoms with Crippen LogP contribution in [0.3, 0.4) is 0 Å². The number of hydrogen-bond acceptors (Lipinski definition) is 2. The second kappa shape index (κ2) is 12.3. The van der Waals surface area contributed by atoms with E-state index < -0.39 is 17.4 Å². The normalized spacial score (nSPS) is 15.3. The van der Waals surface area contributed by atoms with Crippen LogP contribution in [0.2, 0.25) is 0 Å². The third-order valence-corrected chi connectivity index (χ3v) is 5.74. The van der Waals surface area contributed by atoms with Crippen LogP contribution in [-0.2, 0) is 9.59 Å². The van der Waals surface area contributed by atoms with E-state index in [9.17, 15) is 14.7 Å². The van der Waals surface area contributed by atoms with Gasteiger partial charge in [-0.2, -0.15) is 0 Å². The van der Waals surface area contributed by atoms with Gasteiger partial charge in [0, 0.05) is 6.42 Å². The Morgan fingerprint density at radius 3 is 1.92 bits per heavy atom. The van der Waals surface area contributed by atoms with E-state index in [1.54, 1.807) is 0 Å².